The van der Waals surface area contributed by atoms with Crippen LogP contribution in [0.1, 0.15) is 38.7 Å². The van der Waals surface area contributed by atoms with Crippen LogP contribution >= 0.6 is 0 Å². The maximum Gasteiger partial charge on any atom is 0.331 e. The molecule has 0 amide bonds. The zero-order valence-electron chi connectivity index (χ0n) is 9.86. The maximum absolute atomic E-state index is 11.0. The van der Waals surface area contributed by atoms with Crippen molar-refractivity contribution >= 4 is 11.5 Å². The van der Waals surface area contributed by atoms with E-state index in [1.165, 1.54) is 0 Å². The number of carboxylic acids is 1. The molecule has 0 aliphatic heterocycles. The molecule has 0 spiro atoms. The van der Waals surface area contributed by atoms with Crippen molar-refractivity contribution in [3.63, 3.8) is 0 Å². The molecule has 1 rings (SSSR count). The fourth-order valence-corrected chi connectivity index (χ4v) is 1.67. The SMILES string of the molecule is CCCC/C(=C(\C)C(=O)O)c1ccccc1. The Bertz CT molecular complexity index is 377. The largest absolute Gasteiger partial charge is 0.478 e. The lowest BCUT2D eigenvalue weighted by Gasteiger charge is -2.09. The average Bonchev–Trinajstić information content (AvgIpc) is 2.30. The molecule has 1 aromatic carbocycles. The highest BCUT2D eigenvalue weighted by Gasteiger charge is 2.10. The standard InChI is InChI=1S/C14H18O2/c1-3-4-10-13(11(2)14(15)16)12-8-6-5-7-9-12/h5-9H,3-4,10H2,1-2H3,(H,15,16)/b13-11-. The van der Waals surface area contributed by atoms with E-state index in [0.717, 1.165) is 30.4 Å². The topological polar surface area (TPSA) is 37.3 Å². The van der Waals surface area contributed by atoms with E-state index in [0.29, 0.717) is 5.57 Å². The summed E-state index contributed by atoms with van der Waals surface area (Å²) in [7, 11) is 0. The molecule has 86 valence electrons. The van der Waals surface area contributed by atoms with Crippen LogP contribution in [0.3, 0.4) is 0 Å². The van der Waals surface area contributed by atoms with Gasteiger partial charge in [0.05, 0.1) is 0 Å². The summed E-state index contributed by atoms with van der Waals surface area (Å²) in [6.45, 7) is 3.79. The van der Waals surface area contributed by atoms with Crippen molar-refractivity contribution in [1.29, 1.82) is 0 Å². The van der Waals surface area contributed by atoms with E-state index in [1.807, 2.05) is 30.3 Å². The predicted molar refractivity (Wildman–Crippen MR) is 66.2 cm³/mol. The Kier molecular flexibility index (Phi) is 4.77. The van der Waals surface area contributed by atoms with Crippen LogP contribution in [0, 0.1) is 0 Å². The molecule has 16 heavy (non-hydrogen) atoms. The van der Waals surface area contributed by atoms with Crippen molar-refractivity contribution in [1.82, 2.24) is 0 Å². The summed E-state index contributed by atoms with van der Waals surface area (Å²) in [5.74, 6) is -0.824. The van der Waals surface area contributed by atoms with E-state index in [-0.39, 0.29) is 0 Å². The highest BCUT2D eigenvalue weighted by molar-refractivity contribution is 5.95. The minimum absolute atomic E-state index is 0.458. The van der Waals surface area contributed by atoms with Gasteiger partial charge in [0.2, 0.25) is 0 Å². The fourth-order valence-electron chi connectivity index (χ4n) is 1.67. The van der Waals surface area contributed by atoms with E-state index in [9.17, 15) is 4.79 Å². The number of carbonyl (C=O) groups is 1. The van der Waals surface area contributed by atoms with Crippen LogP contribution in [0.25, 0.3) is 5.57 Å². The molecule has 2 heteroatoms. The van der Waals surface area contributed by atoms with Crippen molar-refractivity contribution in [2.75, 3.05) is 0 Å². The summed E-state index contributed by atoms with van der Waals surface area (Å²) >= 11 is 0. The number of allylic oxidation sites excluding steroid dienone is 1. The fraction of sp³-hybridized carbons (Fsp3) is 0.357. The highest BCUT2D eigenvalue weighted by atomic mass is 16.4. The van der Waals surface area contributed by atoms with Crippen LogP contribution in [0.4, 0.5) is 0 Å². The minimum atomic E-state index is -0.824. The molecule has 1 N–H and O–H groups in total. The second-order valence-electron chi connectivity index (χ2n) is 3.88. The van der Waals surface area contributed by atoms with Gasteiger partial charge in [-0.2, -0.15) is 0 Å². The molecule has 0 aromatic heterocycles. The first-order valence-electron chi connectivity index (χ1n) is 5.65. The third-order valence-corrected chi connectivity index (χ3v) is 2.68. The molecular weight excluding hydrogens is 200 g/mol. The summed E-state index contributed by atoms with van der Waals surface area (Å²) in [6.07, 6.45) is 2.93. The molecule has 0 saturated carbocycles. The summed E-state index contributed by atoms with van der Waals surface area (Å²) in [4.78, 5) is 11.0. The second kappa shape index (κ2) is 6.11. The predicted octanol–water partition coefficient (Wildman–Crippen LogP) is 3.73. The summed E-state index contributed by atoms with van der Waals surface area (Å²) in [5, 5.41) is 9.06. The van der Waals surface area contributed by atoms with Crippen LogP contribution in [-0.2, 0) is 4.79 Å². The third kappa shape index (κ3) is 3.23. The van der Waals surface area contributed by atoms with E-state index in [1.54, 1.807) is 6.92 Å². The Labute approximate surface area is 96.6 Å². The van der Waals surface area contributed by atoms with Crippen LogP contribution in [0.5, 0.6) is 0 Å². The number of aliphatic carboxylic acids is 1. The van der Waals surface area contributed by atoms with E-state index in [4.69, 9.17) is 5.11 Å². The Morgan fingerprint density at radius 2 is 1.88 bits per heavy atom. The summed E-state index contributed by atoms with van der Waals surface area (Å²) in [6, 6.07) is 9.76. The van der Waals surface area contributed by atoms with Gasteiger partial charge in [-0.05, 0) is 30.9 Å². The number of benzene rings is 1. The van der Waals surface area contributed by atoms with Crippen LogP contribution in [0.15, 0.2) is 35.9 Å². The van der Waals surface area contributed by atoms with Gasteiger partial charge in [-0.15, -0.1) is 0 Å². The Morgan fingerprint density at radius 3 is 2.38 bits per heavy atom. The van der Waals surface area contributed by atoms with Gasteiger partial charge in [-0.25, -0.2) is 4.79 Å². The van der Waals surface area contributed by atoms with Crippen molar-refractivity contribution < 1.29 is 9.90 Å². The van der Waals surface area contributed by atoms with Gasteiger partial charge in [0, 0.05) is 5.57 Å². The number of carboxylic acid groups (broad SMARTS) is 1. The number of rotatable bonds is 5. The van der Waals surface area contributed by atoms with E-state index >= 15 is 0 Å². The monoisotopic (exact) mass is 218 g/mol. The molecule has 1 aromatic rings. The van der Waals surface area contributed by atoms with Crippen molar-refractivity contribution in [2.24, 2.45) is 0 Å². The second-order valence-corrected chi connectivity index (χ2v) is 3.88. The van der Waals surface area contributed by atoms with Gasteiger partial charge in [-0.3, -0.25) is 0 Å². The van der Waals surface area contributed by atoms with Crippen molar-refractivity contribution in [3.05, 3.63) is 41.5 Å². The van der Waals surface area contributed by atoms with Gasteiger partial charge in [-0.1, -0.05) is 43.7 Å². The summed E-state index contributed by atoms with van der Waals surface area (Å²) < 4.78 is 0. The maximum atomic E-state index is 11.0. The first-order chi connectivity index (χ1) is 7.66. The van der Waals surface area contributed by atoms with E-state index in [2.05, 4.69) is 6.92 Å². The third-order valence-electron chi connectivity index (χ3n) is 2.68. The number of hydrogen-bond acceptors (Lipinski definition) is 1. The Balaban J connectivity index is 3.06. The Hall–Kier alpha value is -1.57. The van der Waals surface area contributed by atoms with Gasteiger partial charge in [0.15, 0.2) is 0 Å². The molecular formula is C14H18O2. The van der Waals surface area contributed by atoms with Gasteiger partial charge in [0.25, 0.3) is 0 Å². The highest BCUT2D eigenvalue weighted by Crippen LogP contribution is 2.24. The number of hydrogen-bond donors (Lipinski definition) is 1. The summed E-state index contributed by atoms with van der Waals surface area (Å²) in [5.41, 5.74) is 2.44. The molecule has 0 atom stereocenters. The first kappa shape index (κ1) is 12.5. The van der Waals surface area contributed by atoms with Crippen LogP contribution < -0.4 is 0 Å². The van der Waals surface area contributed by atoms with Gasteiger partial charge >= 0.3 is 5.97 Å². The van der Waals surface area contributed by atoms with Crippen molar-refractivity contribution in [3.8, 4) is 0 Å². The molecule has 0 aliphatic carbocycles. The van der Waals surface area contributed by atoms with Crippen LogP contribution in [0.2, 0.25) is 0 Å². The molecule has 0 aliphatic rings. The molecule has 0 fully saturated rings. The number of unbranched alkanes of at least 4 members (excludes halogenated alkanes) is 1. The molecule has 2 nitrogen and oxygen atoms in total. The average molecular weight is 218 g/mol. The Morgan fingerprint density at radius 1 is 1.25 bits per heavy atom. The van der Waals surface area contributed by atoms with Crippen molar-refractivity contribution in [2.45, 2.75) is 33.1 Å². The van der Waals surface area contributed by atoms with Crippen LogP contribution in [-0.4, -0.2) is 11.1 Å². The smallest absolute Gasteiger partial charge is 0.331 e. The zero-order chi connectivity index (χ0) is 12.0. The quantitative estimate of drug-likeness (QED) is 0.764. The molecule has 0 bridgehead atoms. The van der Waals surface area contributed by atoms with Gasteiger partial charge in [0.1, 0.15) is 0 Å². The molecule has 0 heterocycles. The van der Waals surface area contributed by atoms with Gasteiger partial charge < -0.3 is 5.11 Å². The lowest BCUT2D eigenvalue weighted by Crippen LogP contribution is -2.01. The zero-order valence-corrected chi connectivity index (χ0v) is 9.86. The molecule has 0 unspecified atom stereocenters. The lowest BCUT2D eigenvalue weighted by atomic mass is 9.96. The normalized spacial score (nSPS) is 12.1. The minimum Gasteiger partial charge on any atom is -0.478 e. The van der Waals surface area contributed by atoms with E-state index < -0.39 is 5.97 Å². The lowest BCUT2D eigenvalue weighted by molar-refractivity contribution is -0.132. The molecule has 0 saturated heterocycles. The first-order valence-corrected chi connectivity index (χ1v) is 5.65. The molecule has 0 radical (unpaired) electrons.